The Morgan fingerprint density at radius 1 is 0.897 bits per heavy atom. The second kappa shape index (κ2) is 11.3. The van der Waals surface area contributed by atoms with Gasteiger partial charge < -0.3 is 14.0 Å². The molecule has 1 N–H and O–H groups in total. The van der Waals surface area contributed by atoms with Crippen LogP contribution in [0.15, 0.2) is 66.9 Å². The summed E-state index contributed by atoms with van der Waals surface area (Å²) in [5, 5.41) is 15.3. The summed E-state index contributed by atoms with van der Waals surface area (Å²) in [4.78, 5) is 0. The first-order chi connectivity index (χ1) is 18.8. The summed E-state index contributed by atoms with van der Waals surface area (Å²) in [5.74, 6) is 3.12. The molecule has 3 aromatic carbocycles. The van der Waals surface area contributed by atoms with E-state index >= 15 is 0 Å². The fraction of sp³-hybridized carbons (Fsp3) is 0.344. The molecule has 0 saturated heterocycles. The van der Waals surface area contributed by atoms with Crippen LogP contribution in [0.2, 0.25) is 0 Å². The number of hydrogen-bond acceptors (Lipinski definition) is 5. The molecule has 0 saturated carbocycles. The zero-order valence-electron chi connectivity index (χ0n) is 23.5. The Morgan fingerprint density at radius 2 is 1.69 bits per heavy atom. The molecular formula is C32H37N5O2. The zero-order chi connectivity index (χ0) is 27.4. The number of rotatable bonds is 10. The number of hydrogen-bond donors (Lipinski definition) is 1. The maximum atomic E-state index is 6.51. The first-order valence-electron chi connectivity index (χ1n) is 13.7. The van der Waals surface area contributed by atoms with E-state index in [0.29, 0.717) is 12.4 Å². The van der Waals surface area contributed by atoms with Crippen LogP contribution in [-0.2, 0) is 26.0 Å². The van der Waals surface area contributed by atoms with Crippen molar-refractivity contribution < 1.29 is 9.47 Å². The molecule has 7 heteroatoms. The number of ether oxygens (including phenoxy) is 2. The van der Waals surface area contributed by atoms with Crippen molar-refractivity contribution in [1.82, 2.24) is 25.2 Å². The molecule has 202 valence electrons. The molecule has 2 heterocycles. The summed E-state index contributed by atoms with van der Waals surface area (Å²) in [6.45, 7) is 12.7. The quantitative estimate of drug-likeness (QED) is 0.202. The van der Waals surface area contributed by atoms with Crippen molar-refractivity contribution in [3.05, 3.63) is 83.6 Å². The van der Waals surface area contributed by atoms with Crippen molar-refractivity contribution in [3.63, 3.8) is 0 Å². The Balaban J connectivity index is 1.35. The van der Waals surface area contributed by atoms with Crippen molar-refractivity contribution in [3.8, 4) is 28.6 Å². The molecule has 2 aromatic heterocycles. The van der Waals surface area contributed by atoms with Gasteiger partial charge in [0, 0.05) is 34.8 Å². The van der Waals surface area contributed by atoms with Crippen molar-refractivity contribution in [2.24, 2.45) is 5.41 Å². The second-order valence-corrected chi connectivity index (χ2v) is 11.2. The first-order valence-corrected chi connectivity index (χ1v) is 13.7. The molecule has 0 aliphatic rings. The number of benzene rings is 3. The van der Waals surface area contributed by atoms with E-state index < -0.39 is 0 Å². The van der Waals surface area contributed by atoms with Gasteiger partial charge in [-0.15, -0.1) is 5.10 Å². The highest BCUT2D eigenvalue weighted by Crippen LogP contribution is 2.33. The second-order valence-electron chi connectivity index (χ2n) is 11.2. The number of nitrogens with one attached hydrogen (secondary N) is 1. The van der Waals surface area contributed by atoms with E-state index in [9.17, 15) is 0 Å². The number of H-pyrrole nitrogens is 1. The fourth-order valence-electron chi connectivity index (χ4n) is 5.00. The summed E-state index contributed by atoms with van der Waals surface area (Å²) in [6.07, 6.45) is 5.19. The highest BCUT2D eigenvalue weighted by molar-refractivity contribution is 5.86. The molecule has 0 bridgehead atoms. The van der Waals surface area contributed by atoms with Crippen molar-refractivity contribution in [2.75, 3.05) is 0 Å². The van der Waals surface area contributed by atoms with Gasteiger partial charge in [-0.05, 0) is 94.4 Å². The van der Waals surface area contributed by atoms with Crippen molar-refractivity contribution in [1.29, 1.82) is 0 Å². The van der Waals surface area contributed by atoms with Crippen LogP contribution in [0.3, 0.4) is 0 Å². The standard InChI is InChI=1S/C32H37N5O2/c1-6-8-28-27-17-18-37(21-32(3,4)5)29(27)15-16-30(28)38-20-24-19-26(14-9-22(24)7-2)39-25-12-10-23(11-13-25)31-33-35-36-34-31/h9-19H,6-8,20-21H2,1-5H3,(H,33,34,35,36). The average molecular weight is 524 g/mol. The van der Waals surface area contributed by atoms with E-state index in [1.165, 1.54) is 22.0 Å². The normalized spacial score (nSPS) is 11.7. The maximum absolute atomic E-state index is 6.51. The number of aromatic amines is 1. The Hall–Kier alpha value is -4.13. The summed E-state index contributed by atoms with van der Waals surface area (Å²) in [7, 11) is 0. The summed E-state index contributed by atoms with van der Waals surface area (Å²) < 4.78 is 15.1. The van der Waals surface area contributed by atoms with Crippen LogP contribution in [0, 0.1) is 5.41 Å². The molecule has 7 nitrogen and oxygen atoms in total. The summed E-state index contributed by atoms with van der Waals surface area (Å²) in [6, 6.07) is 20.5. The molecule has 0 aliphatic heterocycles. The Kier molecular flexibility index (Phi) is 7.68. The van der Waals surface area contributed by atoms with E-state index in [0.717, 1.165) is 54.2 Å². The van der Waals surface area contributed by atoms with Crippen molar-refractivity contribution in [2.45, 2.75) is 67.0 Å². The lowest BCUT2D eigenvalue weighted by molar-refractivity contribution is 0.301. The van der Waals surface area contributed by atoms with E-state index in [2.05, 4.69) is 96.3 Å². The van der Waals surface area contributed by atoms with Gasteiger partial charge in [-0.25, -0.2) is 5.10 Å². The first kappa shape index (κ1) is 26.5. The molecule has 5 rings (SSSR count). The zero-order valence-corrected chi connectivity index (χ0v) is 23.5. The topological polar surface area (TPSA) is 77.8 Å². The largest absolute Gasteiger partial charge is 0.489 e. The molecule has 5 aromatic rings. The van der Waals surface area contributed by atoms with E-state index in [4.69, 9.17) is 9.47 Å². The van der Waals surface area contributed by atoms with Crippen LogP contribution in [0.5, 0.6) is 17.2 Å². The average Bonchev–Trinajstić information content (AvgIpc) is 3.59. The van der Waals surface area contributed by atoms with Gasteiger partial charge >= 0.3 is 0 Å². The van der Waals surface area contributed by atoms with Crippen LogP contribution < -0.4 is 9.47 Å². The van der Waals surface area contributed by atoms with Crippen LogP contribution >= 0.6 is 0 Å². The van der Waals surface area contributed by atoms with E-state index in [1.54, 1.807) is 0 Å². The van der Waals surface area contributed by atoms with Gasteiger partial charge in [-0.3, -0.25) is 0 Å². The lowest BCUT2D eigenvalue weighted by Crippen LogP contribution is -2.14. The van der Waals surface area contributed by atoms with Gasteiger partial charge in [-0.2, -0.15) is 0 Å². The van der Waals surface area contributed by atoms with Gasteiger partial charge in [0.2, 0.25) is 0 Å². The third kappa shape index (κ3) is 6.14. The third-order valence-corrected chi connectivity index (χ3v) is 6.82. The Morgan fingerprint density at radius 3 is 2.38 bits per heavy atom. The number of aromatic nitrogens is 5. The number of fused-ring (bicyclic) bond motifs is 1. The molecule has 0 atom stereocenters. The highest BCUT2D eigenvalue weighted by Gasteiger charge is 2.16. The summed E-state index contributed by atoms with van der Waals surface area (Å²) in [5.41, 5.74) is 6.06. The molecule has 0 fully saturated rings. The third-order valence-electron chi connectivity index (χ3n) is 6.82. The van der Waals surface area contributed by atoms with Gasteiger partial charge in [0.05, 0.1) is 0 Å². The van der Waals surface area contributed by atoms with Crippen molar-refractivity contribution >= 4 is 10.9 Å². The van der Waals surface area contributed by atoms with E-state index in [1.807, 2.05) is 30.3 Å². The minimum Gasteiger partial charge on any atom is -0.489 e. The van der Waals surface area contributed by atoms with Gasteiger partial charge in [-0.1, -0.05) is 47.1 Å². The molecule has 0 aliphatic carbocycles. The summed E-state index contributed by atoms with van der Waals surface area (Å²) >= 11 is 0. The lowest BCUT2D eigenvalue weighted by Gasteiger charge is -2.20. The SMILES string of the molecule is CCCc1c(OCc2cc(Oc3ccc(-c4nnn[nH]4)cc3)ccc2CC)ccc2c1ccn2CC(C)(C)C. The molecule has 39 heavy (non-hydrogen) atoms. The smallest absolute Gasteiger partial charge is 0.179 e. The predicted molar refractivity (Wildman–Crippen MR) is 155 cm³/mol. The van der Waals surface area contributed by atoms with E-state index in [-0.39, 0.29) is 5.41 Å². The fourth-order valence-corrected chi connectivity index (χ4v) is 5.00. The number of tetrazole rings is 1. The number of nitrogens with zero attached hydrogens (tertiary/aromatic N) is 4. The van der Waals surface area contributed by atoms with Crippen LogP contribution in [0.25, 0.3) is 22.3 Å². The minimum atomic E-state index is 0.214. The molecule has 0 unspecified atom stereocenters. The van der Waals surface area contributed by atoms with Gasteiger partial charge in [0.15, 0.2) is 5.82 Å². The number of aryl methyl sites for hydroxylation is 2. The van der Waals surface area contributed by atoms with Gasteiger partial charge in [0.25, 0.3) is 0 Å². The predicted octanol–water partition coefficient (Wildman–Crippen LogP) is 7.75. The maximum Gasteiger partial charge on any atom is 0.179 e. The monoisotopic (exact) mass is 523 g/mol. The highest BCUT2D eigenvalue weighted by atomic mass is 16.5. The molecular weight excluding hydrogens is 486 g/mol. The van der Waals surface area contributed by atoms with Gasteiger partial charge in [0.1, 0.15) is 23.9 Å². The molecule has 0 radical (unpaired) electrons. The Labute approximate surface area is 230 Å². The lowest BCUT2D eigenvalue weighted by atomic mass is 9.97. The Bertz CT molecular complexity index is 1530. The van der Waals surface area contributed by atoms with Crippen LogP contribution in [-0.4, -0.2) is 25.2 Å². The molecule has 0 spiro atoms. The molecule has 0 amide bonds. The van der Waals surface area contributed by atoms with Crippen LogP contribution in [0.4, 0.5) is 0 Å². The minimum absolute atomic E-state index is 0.214. The van der Waals surface area contributed by atoms with Crippen LogP contribution in [0.1, 0.15) is 57.7 Å².